The van der Waals surface area contributed by atoms with E-state index in [1.54, 1.807) is 6.07 Å². The van der Waals surface area contributed by atoms with Gasteiger partial charge >= 0.3 is 5.97 Å². The van der Waals surface area contributed by atoms with Crippen molar-refractivity contribution in [2.24, 2.45) is 0 Å². The van der Waals surface area contributed by atoms with E-state index >= 15 is 0 Å². The molecule has 1 rings (SSSR count). The summed E-state index contributed by atoms with van der Waals surface area (Å²) in [6.07, 6.45) is 0. The minimum Gasteiger partial charge on any atom is -0.467 e. The smallest absolute Gasteiger partial charge is 0.344 e. The van der Waals surface area contributed by atoms with Crippen LogP contribution in [0.5, 0.6) is 5.75 Å². The molecule has 0 saturated carbocycles. The highest BCUT2D eigenvalue weighted by atomic mass is 35.5. The van der Waals surface area contributed by atoms with Crippen LogP contribution in [0.2, 0.25) is 5.02 Å². The second kappa shape index (κ2) is 7.11. The van der Waals surface area contributed by atoms with Gasteiger partial charge < -0.3 is 18.9 Å². The number of benzene rings is 1. The maximum Gasteiger partial charge on any atom is 0.344 e. The second-order valence-corrected chi connectivity index (χ2v) is 3.47. The van der Waals surface area contributed by atoms with Gasteiger partial charge in [0.1, 0.15) is 11.3 Å². The lowest BCUT2D eigenvalue weighted by molar-refractivity contribution is -0.0132. The zero-order chi connectivity index (χ0) is 12.7. The van der Waals surface area contributed by atoms with Crippen LogP contribution in [0.1, 0.15) is 10.4 Å². The molecule has 0 aliphatic rings. The molecular formula is C11H13ClO5. The normalized spacial score (nSPS) is 10.1. The largest absolute Gasteiger partial charge is 0.467 e. The fourth-order valence-corrected chi connectivity index (χ4v) is 1.26. The number of ether oxygens (including phenoxy) is 4. The number of esters is 1. The lowest BCUT2D eigenvalue weighted by atomic mass is 10.2. The number of carbonyl (C=O) groups excluding carboxylic acids is 1. The van der Waals surface area contributed by atoms with Gasteiger partial charge in [-0.25, -0.2) is 4.79 Å². The second-order valence-electron chi connectivity index (χ2n) is 3.03. The number of halogens is 1. The Bertz CT molecular complexity index is 380. The van der Waals surface area contributed by atoms with Crippen molar-refractivity contribution in [1.82, 2.24) is 0 Å². The Balaban J connectivity index is 2.84. The summed E-state index contributed by atoms with van der Waals surface area (Å²) in [4.78, 5) is 11.6. The third kappa shape index (κ3) is 4.22. The maximum absolute atomic E-state index is 11.6. The zero-order valence-electron chi connectivity index (χ0n) is 9.57. The van der Waals surface area contributed by atoms with Gasteiger partial charge in [-0.05, 0) is 18.2 Å². The van der Waals surface area contributed by atoms with Crippen molar-refractivity contribution >= 4 is 17.6 Å². The number of hydrogen-bond acceptors (Lipinski definition) is 5. The molecule has 0 radical (unpaired) electrons. The first kappa shape index (κ1) is 13.8. The van der Waals surface area contributed by atoms with Crippen LogP contribution < -0.4 is 4.74 Å². The summed E-state index contributed by atoms with van der Waals surface area (Å²) in [5.74, 6) is -0.241. The Labute approximate surface area is 104 Å². The van der Waals surface area contributed by atoms with E-state index in [-0.39, 0.29) is 19.1 Å². The number of carbonyl (C=O) groups is 1. The monoisotopic (exact) mass is 260 g/mol. The summed E-state index contributed by atoms with van der Waals surface area (Å²) in [6, 6.07) is 4.61. The fraction of sp³-hybridized carbons (Fsp3) is 0.364. The van der Waals surface area contributed by atoms with Crippen LogP contribution in [0.4, 0.5) is 0 Å². The third-order valence-corrected chi connectivity index (χ3v) is 2.04. The molecule has 0 saturated heterocycles. The van der Waals surface area contributed by atoms with Crippen molar-refractivity contribution in [1.29, 1.82) is 0 Å². The van der Waals surface area contributed by atoms with E-state index in [9.17, 15) is 4.79 Å². The van der Waals surface area contributed by atoms with Gasteiger partial charge in [-0.2, -0.15) is 0 Å². The lowest BCUT2D eigenvalue weighted by Crippen LogP contribution is -2.10. The molecule has 0 aromatic heterocycles. The van der Waals surface area contributed by atoms with Crippen molar-refractivity contribution in [2.45, 2.75) is 0 Å². The van der Waals surface area contributed by atoms with Crippen LogP contribution in [-0.4, -0.2) is 33.8 Å². The van der Waals surface area contributed by atoms with E-state index < -0.39 is 5.97 Å². The van der Waals surface area contributed by atoms with Crippen molar-refractivity contribution in [3.05, 3.63) is 28.8 Å². The van der Waals surface area contributed by atoms with Crippen LogP contribution in [-0.2, 0) is 14.2 Å². The van der Waals surface area contributed by atoms with Crippen LogP contribution >= 0.6 is 11.6 Å². The molecule has 0 fully saturated rings. The van der Waals surface area contributed by atoms with Gasteiger partial charge in [-0.1, -0.05) is 11.6 Å². The molecule has 5 nitrogen and oxygen atoms in total. The molecule has 0 heterocycles. The fourth-order valence-electron chi connectivity index (χ4n) is 1.10. The third-order valence-electron chi connectivity index (χ3n) is 1.80. The average molecular weight is 261 g/mol. The van der Waals surface area contributed by atoms with E-state index in [1.165, 1.54) is 26.4 Å². The van der Waals surface area contributed by atoms with Crippen molar-refractivity contribution < 1.29 is 23.7 Å². The van der Waals surface area contributed by atoms with Gasteiger partial charge in [-0.3, -0.25) is 0 Å². The first-order valence-corrected chi connectivity index (χ1v) is 5.14. The summed E-state index contributed by atoms with van der Waals surface area (Å²) >= 11 is 5.81. The van der Waals surface area contributed by atoms with Gasteiger partial charge in [0.25, 0.3) is 0 Å². The van der Waals surface area contributed by atoms with Gasteiger partial charge in [0.15, 0.2) is 13.6 Å². The summed E-state index contributed by atoms with van der Waals surface area (Å²) in [7, 11) is 2.91. The first-order chi connectivity index (χ1) is 8.19. The Morgan fingerprint density at radius 3 is 2.59 bits per heavy atom. The van der Waals surface area contributed by atoms with Gasteiger partial charge in [0.2, 0.25) is 0 Å². The Hall–Kier alpha value is -1.30. The highest BCUT2D eigenvalue weighted by molar-refractivity contribution is 6.30. The Morgan fingerprint density at radius 1 is 1.24 bits per heavy atom. The molecule has 0 N–H and O–H groups in total. The first-order valence-electron chi connectivity index (χ1n) is 4.76. The van der Waals surface area contributed by atoms with E-state index in [2.05, 4.69) is 4.74 Å². The maximum atomic E-state index is 11.6. The van der Waals surface area contributed by atoms with E-state index in [4.69, 9.17) is 25.8 Å². The molecular weight excluding hydrogens is 248 g/mol. The molecule has 94 valence electrons. The SMILES string of the molecule is COCOC(=O)c1ccc(Cl)cc1OCOC. The topological polar surface area (TPSA) is 54.0 Å². The molecule has 0 spiro atoms. The minimum absolute atomic E-state index is 0.0188. The van der Waals surface area contributed by atoms with Crippen molar-refractivity contribution in [3.63, 3.8) is 0 Å². The van der Waals surface area contributed by atoms with E-state index in [0.717, 1.165) is 0 Å². The van der Waals surface area contributed by atoms with Crippen LogP contribution in [0.15, 0.2) is 18.2 Å². The van der Waals surface area contributed by atoms with E-state index in [0.29, 0.717) is 10.8 Å². The Kier molecular flexibility index (Phi) is 5.76. The summed E-state index contributed by atoms with van der Waals surface area (Å²) < 4.78 is 19.4. The number of hydrogen-bond donors (Lipinski definition) is 0. The van der Waals surface area contributed by atoms with Gasteiger partial charge in [0.05, 0.1) is 0 Å². The highest BCUT2D eigenvalue weighted by Gasteiger charge is 2.14. The quantitative estimate of drug-likeness (QED) is 0.579. The summed E-state index contributed by atoms with van der Waals surface area (Å²) in [5, 5.41) is 0.458. The molecule has 6 heteroatoms. The minimum atomic E-state index is -0.547. The highest BCUT2D eigenvalue weighted by Crippen LogP contribution is 2.24. The molecule has 1 aromatic rings. The summed E-state index contributed by atoms with van der Waals surface area (Å²) in [6.45, 7) is -0.101. The molecule has 0 unspecified atom stereocenters. The predicted molar refractivity (Wildman–Crippen MR) is 61.2 cm³/mol. The van der Waals surface area contributed by atoms with Crippen LogP contribution in [0.25, 0.3) is 0 Å². The predicted octanol–water partition coefficient (Wildman–Crippen LogP) is 2.08. The molecule has 0 bridgehead atoms. The van der Waals surface area contributed by atoms with E-state index in [1.807, 2.05) is 0 Å². The molecule has 0 aliphatic heterocycles. The molecule has 0 atom stereocenters. The zero-order valence-corrected chi connectivity index (χ0v) is 10.3. The van der Waals surface area contributed by atoms with Gasteiger partial charge in [-0.15, -0.1) is 0 Å². The standard InChI is InChI=1S/C11H13ClO5/c1-14-6-16-10-5-8(12)3-4-9(10)11(13)17-7-15-2/h3-5H,6-7H2,1-2H3. The molecule has 17 heavy (non-hydrogen) atoms. The number of methoxy groups -OCH3 is 2. The average Bonchev–Trinajstić information content (AvgIpc) is 2.33. The molecule has 0 amide bonds. The van der Waals surface area contributed by atoms with Crippen molar-refractivity contribution in [3.8, 4) is 5.75 Å². The number of rotatable bonds is 6. The summed E-state index contributed by atoms with van der Waals surface area (Å²) in [5.41, 5.74) is 0.267. The Morgan fingerprint density at radius 2 is 1.94 bits per heavy atom. The van der Waals surface area contributed by atoms with Crippen molar-refractivity contribution in [2.75, 3.05) is 27.8 Å². The van der Waals surface area contributed by atoms with Gasteiger partial charge in [0, 0.05) is 19.2 Å². The van der Waals surface area contributed by atoms with Crippen LogP contribution in [0.3, 0.4) is 0 Å². The van der Waals surface area contributed by atoms with Crippen LogP contribution in [0, 0.1) is 0 Å². The molecule has 1 aromatic carbocycles. The molecule has 0 aliphatic carbocycles. The lowest BCUT2D eigenvalue weighted by Gasteiger charge is -2.10.